The van der Waals surface area contributed by atoms with Gasteiger partial charge in [-0.2, -0.15) is 0 Å². The molecular weight excluding hydrogens is 268 g/mol. The highest BCUT2D eigenvalue weighted by atomic mass is 35.5. The van der Waals surface area contributed by atoms with Crippen LogP contribution in [0.4, 0.5) is 11.5 Å². The highest BCUT2D eigenvalue weighted by Crippen LogP contribution is 2.25. The van der Waals surface area contributed by atoms with Gasteiger partial charge in [-0.15, -0.1) is 0 Å². The first-order valence-corrected chi connectivity index (χ1v) is 6.62. The second kappa shape index (κ2) is 5.71. The number of rotatable bonds is 2. The zero-order valence-electron chi connectivity index (χ0n) is 11.0. The summed E-state index contributed by atoms with van der Waals surface area (Å²) in [6.45, 7) is 4.84. The van der Waals surface area contributed by atoms with Crippen molar-refractivity contribution in [2.24, 2.45) is 0 Å². The Kier molecular flexibility index (Phi) is 4.21. The molecule has 1 fully saturated rings. The molecule has 0 aromatic carbocycles. The number of aromatic nitrogens is 1. The lowest BCUT2D eigenvalue weighted by atomic mass is 10.2. The Morgan fingerprint density at radius 1 is 1.47 bits per heavy atom. The summed E-state index contributed by atoms with van der Waals surface area (Å²) in [6, 6.07) is 3.02. The fourth-order valence-electron chi connectivity index (χ4n) is 2.44. The summed E-state index contributed by atoms with van der Waals surface area (Å²) >= 11 is 5.88. The first-order valence-electron chi connectivity index (χ1n) is 6.24. The average Bonchev–Trinajstić information content (AvgIpc) is 2.49. The number of hydrogen-bond donors (Lipinski definition) is 0. The third-order valence-corrected chi connectivity index (χ3v) is 3.51. The number of halogens is 1. The van der Waals surface area contributed by atoms with Crippen LogP contribution < -0.4 is 4.90 Å². The van der Waals surface area contributed by atoms with Crippen molar-refractivity contribution in [3.8, 4) is 0 Å². The van der Waals surface area contributed by atoms with Crippen LogP contribution in [0.5, 0.6) is 0 Å². The first kappa shape index (κ1) is 14.0. The summed E-state index contributed by atoms with van der Waals surface area (Å²) < 4.78 is 0. The van der Waals surface area contributed by atoms with E-state index in [1.807, 2.05) is 0 Å². The van der Waals surface area contributed by atoms with Gasteiger partial charge in [0.1, 0.15) is 11.0 Å². The molecule has 0 bridgehead atoms. The fourth-order valence-corrected chi connectivity index (χ4v) is 2.63. The molecule has 0 aliphatic carbocycles. The molecule has 1 unspecified atom stereocenters. The standard InChI is InChI=1S/C12H17ClN4O2/c1-9-8-15(2)4-3-5-16(9)12-7-10(17(18)19)6-11(13)14-12/h6-7,9H,3-5,8H2,1-2H3. The van der Waals surface area contributed by atoms with Crippen LogP contribution in [0.1, 0.15) is 13.3 Å². The minimum atomic E-state index is -0.439. The van der Waals surface area contributed by atoms with Crippen LogP contribution in [0.2, 0.25) is 5.15 Å². The SMILES string of the molecule is CC1CN(C)CCCN1c1cc([N+](=O)[O-])cc(Cl)n1. The molecule has 1 aromatic rings. The van der Waals surface area contributed by atoms with Crippen LogP contribution >= 0.6 is 11.6 Å². The molecule has 0 saturated carbocycles. The smallest absolute Gasteiger partial charge is 0.276 e. The first-order chi connectivity index (χ1) is 8.97. The van der Waals surface area contributed by atoms with Gasteiger partial charge in [0.25, 0.3) is 5.69 Å². The Morgan fingerprint density at radius 2 is 2.21 bits per heavy atom. The minimum Gasteiger partial charge on any atom is -0.352 e. The zero-order valence-corrected chi connectivity index (χ0v) is 11.8. The largest absolute Gasteiger partial charge is 0.352 e. The number of anilines is 1. The predicted octanol–water partition coefficient (Wildman–Crippen LogP) is 2.17. The van der Waals surface area contributed by atoms with Crippen molar-refractivity contribution in [1.82, 2.24) is 9.88 Å². The molecule has 0 amide bonds. The molecule has 1 aliphatic heterocycles. The molecule has 1 atom stereocenters. The molecule has 19 heavy (non-hydrogen) atoms. The molecule has 1 saturated heterocycles. The maximum atomic E-state index is 10.9. The van der Waals surface area contributed by atoms with E-state index in [9.17, 15) is 10.1 Å². The zero-order chi connectivity index (χ0) is 14.0. The van der Waals surface area contributed by atoms with Gasteiger partial charge in [0.05, 0.1) is 17.1 Å². The molecule has 2 heterocycles. The van der Waals surface area contributed by atoms with Gasteiger partial charge in [-0.25, -0.2) is 4.98 Å². The Morgan fingerprint density at radius 3 is 2.89 bits per heavy atom. The van der Waals surface area contributed by atoms with Gasteiger partial charge < -0.3 is 9.80 Å². The van der Waals surface area contributed by atoms with E-state index in [0.29, 0.717) is 5.82 Å². The van der Waals surface area contributed by atoms with Crippen molar-refractivity contribution in [3.05, 3.63) is 27.4 Å². The second-order valence-corrected chi connectivity index (χ2v) is 5.31. The number of nitro groups is 1. The van der Waals surface area contributed by atoms with Gasteiger partial charge in [-0.3, -0.25) is 10.1 Å². The van der Waals surface area contributed by atoms with E-state index in [1.54, 1.807) is 0 Å². The van der Waals surface area contributed by atoms with Crippen LogP contribution in [0.3, 0.4) is 0 Å². The Hall–Kier alpha value is -1.40. The van der Waals surface area contributed by atoms with Crippen molar-refractivity contribution >= 4 is 23.1 Å². The number of likely N-dealkylation sites (N-methyl/N-ethyl adjacent to an activating group) is 1. The fraction of sp³-hybridized carbons (Fsp3) is 0.583. The molecular formula is C12H17ClN4O2. The maximum absolute atomic E-state index is 10.9. The van der Waals surface area contributed by atoms with Crippen molar-refractivity contribution < 1.29 is 4.92 Å². The normalized spacial score (nSPS) is 21.2. The molecule has 104 valence electrons. The van der Waals surface area contributed by atoms with Crippen molar-refractivity contribution in [2.75, 3.05) is 31.6 Å². The Balaban J connectivity index is 2.31. The van der Waals surface area contributed by atoms with Gasteiger partial charge in [0, 0.05) is 19.1 Å². The summed E-state index contributed by atoms with van der Waals surface area (Å²) in [5.41, 5.74) is -0.0141. The van der Waals surface area contributed by atoms with E-state index in [-0.39, 0.29) is 16.9 Å². The van der Waals surface area contributed by atoms with Crippen LogP contribution in [0, 0.1) is 10.1 Å². The van der Waals surface area contributed by atoms with Crippen molar-refractivity contribution in [2.45, 2.75) is 19.4 Å². The lowest BCUT2D eigenvalue weighted by Gasteiger charge is -2.28. The summed E-state index contributed by atoms with van der Waals surface area (Å²) in [6.07, 6.45) is 1.00. The summed E-state index contributed by atoms with van der Waals surface area (Å²) in [4.78, 5) is 19.0. The van der Waals surface area contributed by atoms with E-state index in [0.717, 1.165) is 26.1 Å². The van der Waals surface area contributed by atoms with Crippen LogP contribution in [-0.4, -0.2) is 47.5 Å². The predicted molar refractivity (Wildman–Crippen MR) is 74.8 cm³/mol. The van der Waals surface area contributed by atoms with Crippen LogP contribution in [0.25, 0.3) is 0 Å². The number of pyridine rings is 1. The topological polar surface area (TPSA) is 62.5 Å². The van der Waals surface area contributed by atoms with E-state index in [4.69, 9.17) is 11.6 Å². The van der Waals surface area contributed by atoms with Crippen molar-refractivity contribution in [3.63, 3.8) is 0 Å². The molecule has 0 N–H and O–H groups in total. The summed E-state index contributed by atoms with van der Waals surface area (Å²) in [5.74, 6) is 0.585. The van der Waals surface area contributed by atoms with Gasteiger partial charge in [-0.1, -0.05) is 11.6 Å². The van der Waals surface area contributed by atoms with Gasteiger partial charge >= 0.3 is 0 Å². The third kappa shape index (κ3) is 3.33. The molecule has 1 aromatic heterocycles. The Bertz CT molecular complexity index is 483. The Labute approximate surface area is 117 Å². The van der Waals surface area contributed by atoms with Crippen LogP contribution in [0.15, 0.2) is 12.1 Å². The molecule has 0 spiro atoms. The minimum absolute atomic E-state index is 0.0141. The van der Waals surface area contributed by atoms with E-state index < -0.39 is 4.92 Å². The third-order valence-electron chi connectivity index (χ3n) is 3.32. The van der Waals surface area contributed by atoms with E-state index in [2.05, 4.69) is 28.8 Å². The quantitative estimate of drug-likeness (QED) is 0.473. The summed E-state index contributed by atoms with van der Waals surface area (Å²) in [5, 5.41) is 11.0. The monoisotopic (exact) mass is 284 g/mol. The lowest BCUT2D eigenvalue weighted by Crippen LogP contribution is -2.38. The average molecular weight is 285 g/mol. The van der Waals surface area contributed by atoms with E-state index in [1.165, 1.54) is 12.1 Å². The van der Waals surface area contributed by atoms with Gasteiger partial charge in [0.15, 0.2) is 0 Å². The van der Waals surface area contributed by atoms with E-state index >= 15 is 0 Å². The number of nitrogens with zero attached hydrogens (tertiary/aromatic N) is 4. The van der Waals surface area contributed by atoms with Gasteiger partial charge in [0.2, 0.25) is 0 Å². The molecule has 2 rings (SSSR count). The second-order valence-electron chi connectivity index (χ2n) is 4.92. The highest BCUT2D eigenvalue weighted by molar-refractivity contribution is 6.29. The summed E-state index contributed by atoms with van der Waals surface area (Å²) in [7, 11) is 2.08. The molecule has 0 radical (unpaired) electrons. The lowest BCUT2D eigenvalue weighted by molar-refractivity contribution is -0.384. The number of hydrogen-bond acceptors (Lipinski definition) is 5. The van der Waals surface area contributed by atoms with Gasteiger partial charge in [-0.05, 0) is 26.9 Å². The van der Waals surface area contributed by atoms with Crippen LogP contribution in [-0.2, 0) is 0 Å². The van der Waals surface area contributed by atoms with Crippen molar-refractivity contribution in [1.29, 1.82) is 0 Å². The highest BCUT2D eigenvalue weighted by Gasteiger charge is 2.23. The maximum Gasteiger partial charge on any atom is 0.276 e. The molecule has 7 heteroatoms. The molecule has 1 aliphatic rings. The molecule has 6 nitrogen and oxygen atoms in total.